The third kappa shape index (κ3) is 4.71. The van der Waals surface area contributed by atoms with E-state index >= 15 is 0 Å². The van der Waals surface area contributed by atoms with Gasteiger partial charge in [-0.1, -0.05) is 35.3 Å². The molecule has 2 aromatic carbocycles. The van der Waals surface area contributed by atoms with Gasteiger partial charge in [0.25, 0.3) is 11.7 Å². The summed E-state index contributed by atoms with van der Waals surface area (Å²) in [6.45, 7) is 1.35. The average Bonchev–Trinajstić information content (AvgIpc) is 3.14. The van der Waals surface area contributed by atoms with Crippen molar-refractivity contribution in [3.05, 3.63) is 81.6 Å². The van der Waals surface area contributed by atoms with Gasteiger partial charge in [0, 0.05) is 30.7 Å². The number of Topliss-reactive ketones (excluding diaryl/α,β-unsaturated/α-hetero) is 1. The van der Waals surface area contributed by atoms with E-state index in [1.54, 1.807) is 42.6 Å². The normalized spacial score (nSPS) is 16.6. The number of halogens is 2. The van der Waals surface area contributed by atoms with Crippen molar-refractivity contribution in [3.63, 3.8) is 0 Å². The van der Waals surface area contributed by atoms with Crippen LogP contribution in [-0.4, -0.2) is 41.9 Å². The van der Waals surface area contributed by atoms with Crippen molar-refractivity contribution in [2.24, 2.45) is 0 Å². The molecule has 0 bridgehead atoms. The summed E-state index contributed by atoms with van der Waals surface area (Å²) in [6, 6.07) is 10.0. The van der Waals surface area contributed by atoms with E-state index in [1.165, 1.54) is 38.3 Å². The van der Waals surface area contributed by atoms with E-state index in [2.05, 4.69) is 10.3 Å². The van der Waals surface area contributed by atoms with E-state index in [-0.39, 0.29) is 38.6 Å². The number of aliphatic hydroxyl groups is 1. The lowest BCUT2D eigenvalue weighted by molar-refractivity contribution is -0.132. The molecule has 37 heavy (non-hydrogen) atoms. The van der Waals surface area contributed by atoms with Crippen molar-refractivity contribution >= 4 is 57.9 Å². The largest absolute Gasteiger partial charge is 0.507 e. The van der Waals surface area contributed by atoms with Gasteiger partial charge in [0.05, 0.1) is 36.4 Å². The number of pyridine rings is 1. The minimum absolute atomic E-state index is 0.00260. The minimum Gasteiger partial charge on any atom is -0.507 e. The number of methoxy groups -OCH3 is 2. The van der Waals surface area contributed by atoms with E-state index in [9.17, 15) is 19.5 Å². The first-order valence-electron chi connectivity index (χ1n) is 10.9. The smallest absolute Gasteiger partial charge is 0.300 e. The zero-order valence-electron chi connectivity index (χ0n) is 19.9. The van der Waals surface area contributed by atoms with Crippen molar-refractivity contribution in [2.75, 3.05) is 24.4 Å². The Morgan fingerprint density at radius 2 is 1.81 bits per heavy atom. The molecule has 1 atom stereocenters. The zero-order valence-corrected chi connectivity index (χ0v) is 21.4. The lowest BCUT2D eigenvalue weighted by Crippen LogP contribution is -2.29. The van der Waals surface area contributed by atoms with Gasteiger partial charge in [0.1, 0.15) is 10.8 Å². The van der Waals surface area contributed by atoms with Crippen LogP contribution in [0.4, 0.5) is 11.4 Å². The van der Waals surface area contributed by atoms with Crippen LogP contribution in [0.3, 0.4) is 0 Å². The third-order valence-corrected chi connectivity index (χ3v) is 6.31. The van der Waals surface area contributed by atoms with Crippen molar-refractivity contribution < 1.29 is 29.0 Å². The predicted molar refractivity (Wildman–Crippen MR) is 139 cm³/mol. The lowest BCUT2D eigenvalue weighted by Gasteiger charge is -2.26. The van der Waals surface area contributed by atoms with Crippen LogP contribution < -0.4 is 19.7 Å². The summed E-state index contributed by atoms with van der Waals surface area (Å²) >= 11 is 12.7. The highest BCUT2D eigenvalue weighted by atomic mass is 35.5. The third-order valence-electron chi connectivity index (χ3n) is 5.68. The second kappa shape index (κ2) is 10.5. The second-order valence-electron chi connectivity index (χ2n) is 7.97. The van der Waals surface area contributed by atoms with Crippen LogP contribution in [0.15, 0.2) is 60.4 Å². The molecule has 9 nitrogen and oxygen atoms in total. The molecular formula is C26H21Cl2N3O6. The molecule has 2 N–H and O–H groups in total. The van der Waals surface area contributed by atoms with E-state index < -0.39 is 23.5 Å². The van der Waals surface area contributed by atoms with Crippen molar-refractivity contribution in [3.8, 4) is 11.5 Å². The van der Waals surface area contributed by atoms with Crippen molar-refractivity contribution in [2.45, 2.75) is 13.0 Å². The highest BCUT2D eigenvalue weighted by Crippen LogP contribution is 2.48. The number of carbonyl (C=O) groups excluding carboxylic acids is 3. The first kappa shape index (κ1) is 26.0. The monoisotopic (exact) mass is 541 g/mol. The van der Waals surface area contributed by atoms with Crippen LogP contribution in [0.25, 0.3) is 5.76 Å². The zero-order chi connectivity index (χ0) is 26.9. The molecule has 4 rings (SSSR count). The number of aliphatic hydroxyl groups excluding tert-OH is 1. The topological polar surface area (TPSA) is 118 Å². The SMILES string of the molecule is COc1c(Cl)cc(/C(O)=C2\C(=O)C(=O)N(c3cccc(NC(C)=O)c3)C2c2cccnc2)c(OC)c1Cl. The molecule has 1 aliphatic rings. The van der Waals surface area contributed by atoms with Crippen LogP contribution >= 0.6 is 23.2 Å². The number of ether oxygens (including phenoxy) is 2. The number of ketones is 1. The molecule has 1 aliphatic heterocycles. The summed E-state index contributed by atoms with van der Waals surface area (Å²) in [6.07, 6.45) is 3.03. The van der Waals surface area contributed by atoms with E-state index in [1.807, 2.05) is 0 Å². The van der Waals surface area contributed by atoms with Gasteiger partial charge in [-0.25, -0.2) is 0 Å². The van der Waals surface area contributed by atoms with Crippen molar-refractivity contribution in [1.82, 2.24) is 4.98 Å². The highest BCUT2D eigenvalue weighted by Gasteiger charge is 2.47. The molecule has 1 fully saturated rings. The maximum atomic E-state index is 13.4. The summed E-state index contributed by atoms with van der Waals surface area (Å²) < 4.78 is 10.6. The number of carbonyl (C=O) groups is 3. The molecular weight excluding hydrogens is 521 g/mol. The molecule has 2 amide bonds. The fourth-order valence-corrected chi connectivity index (χ4v) is 4.87. The molecule has 0 spiro atoms. The molecule has 1 aromatic heterocycles. The lowest BCUT2D eigenvalue weighted by atomic mass is 9.95. The summed E-state index contributed by atoms with van der Waals surface area (Å²) in [5.74, 6) is -2.55. The Labute approximate surface area is 222 Å². The Bertz CT molecular complexity index is 1440. The van der Waals surface area contributed by atoms with Gasteiger partial charge in [-0.15, -0.1) is 0 Å². The van der Waals surface area contributed by atoms with Gasteiger partial charge < -0.3 is 19.9 Å². The number of benzene rings is 2. The number of hydrogen-bond acceptors (Lipinski definition) is 7. The molecule has 0 saturated carbocycles. The standard InChI is InChI=1S/C26H21Cl2N3O6/c1-13(32)30-15-7-4-8-16(10-15)31-21(14-6-5-9-29-12-14)19(23(34)26(31)35)22(33)17-11-18(27)25(37-3)20(28)24(17)36-2/h4-12,21,33H,1-3H3,(H,30,32)/b22-19+. The number of aromatic nitrogens is 1. The molecule has 190 valence electrons. The quantitative estimate of drug-likeness (QED) is 0.256. The van der Waals surface area contributed by atoms with Gasteiger partial charge in [-0.05, 0) is 35.9 Å². The number of amides is 2. The molecule has 3 aromatic rings. The fourth-order valence-electron chi connectivity index (χ4n) is 4.18. The van der Waals surface area contributed by atoms with Crippen LogP contribution in [-0.2, 0) is 14.4 Å². The summed E-state index contributed by atoms with van der Waals surface area (Å²) in [7, 11) is 2.70. The Kier molecular flexibility index (Phi) is 7.37. The van der Waals surface area contributed by atoms with Gasteiger partial charge in [-0.3, -0.25) is 24.3 Å². The number of rotatable bonds is 6. The summed E-state index contributed by atoms with van der Waals surface area (Å²) in [5.41, 5.74) is 0.972. The minimum atomic E-state index is -1.06. The molecule has 1 unspecified atom stereocenters. The number of nitrogens with one attached hydrogen (secondary N) is 1. The first-order chi connectivity index (χ1) is 17.7. The Hall–Kier alpha value is -4.08. The summed E-state index contributed by atoms with van der Waals surface area (Å²) in [4.78, 5) is 43.7. The van der Waals surface area contributed by atoms with Crippen LogP contribution in [0, 0.1) is 0 Å². The highest BCUT2D eigenvalue weighted by molar-refractivity contribution is 6.52. The Morgan fingerprint density at radius 1 is 1.08 bits per heavy atom. The second-order valence-corrected chi connectivity index (χ2v) is 8.76. The molecule has 11 heteroatoms. The molecule has 1 saturated heterocycles. The number of nitrogens with zero attached hydrogens (tertiary/aromatic N) is 2. The number of hydrogen-bond donors (Lipinski definition) is 2. The summed E-state index contributed by atoms with van der Waals surface area (Å²) in [5, 5.41) is 14.2. The molecule has 2 heterocycles. The van der Waals surface area contributed by atoms with E-state index in [0.29, 0.717) is 16.9 Å². The van der Waals surface area contributed by atoms with Gasteiger partial charge in [-0.2, -0.15) is 0 Å². The van der Waals surface area contributed by atoms with E-state index in [4.69, 9.17) is 32.7 Å². The van der Waals surface area contributed by atoms with E-state index in [0.717, 1.165) is 0 Å². The van der Waals surface area contributed by atoms with Crippen LogP contribution in [0.5, 0.6) is 11.5 Å². The first-order valence-corrected chi connectivity index (χ1v) is 11.6. The maximum Gasteiger partial charge on any atom is 0.300 e. The Morgan fingerprint density at radius 3 is 2.43 bits per heavy atom. The van der Waals surface area contributed by atoms with Gasteiger partial charge in [0.15, 0.2) is 11.5 Å². The fraction of sp³-hybridized carbons (Fsp3) is 0.154. The predicted octanol–water partition coefficient (Wildman–Crippen LogP) is 4.99. The van der Waals surface area contributed by atoms with Gasteiger partial charge in [0.2, 0.25) is 5.91 Å². The van der Waals surface area contributed by atoms with Crippen molar-refractivity contribution in [1.29, 1.82) is 0 Å². The molecule has 0 aliphatic carbocycles. The Balaban J connectivity index is 1.98. The maximum absolute atomic E-state index is 13.4. The molecule has 0 radical (unpaired) electrons. The van der Waals surface area contributed by atoms with Crippen LogP contribution in [0.2, 0.25) is 10.0 Å². The number of anilines is 2. The van der Waals surface area contributed by atoms with Crippen LogP contribution in [0.1, 0.15) is 24.1 Å². The average molecular weight is 542 g/mol. The van der Waals surface area contributed by atoms with Gasteiger partial charge >= 0.3 is 0 Å².